The fourth-order valence-corrected chi connectivity index (χ4v) is 3.81. The summed E-state index contributed by atoms with van der Waals surface area (Å²) in [5.41, 5.74) is 1.63. The number of aromatic nitrogens is 2. The van der Waals surface area contributed by atoms with Crippen LogP contribution in [0, 0.1) is 5.82 Å². The molecule has 2 aromatic heterocycles. The molecular weight excluding hydrogens is 363 g/mol. The SMILES string of the molecule is CCc1coc2c(F)ccc(C(O)c3nccn3COCC[Si](C)(C)C)c12. The Morgan fingerprint density at radius 3 is 2.81 bits per heavy atom. The van der Waals surface area contributed by atoms with E-state index in [1.54, 1.807) is 29.3 Å². The summed E-state index contributed by atoms with van der Waals surface area (Å²) in [7, 11) is -1.15. The van der Waals surface area contributed by atoms with Crippen molar-refractivity contribution in [3.05, 3.63) is 53.6 Å². The molecule has 5 nitrogen and oxygen atoms in total. The third-order valence-electron chi connectivity index (χ3n) is 4.68. The Balaban J connectivity index is 1.84. The quantitative estimate of drug-likeness (QED) is 0.446. The standard InChI is InChI=1S/C20H27FN2O3Si/c1-5-14-12-26-19-16(21)7-6-15(17(14)19)18(24)20-22-8-9-23(20)13-25-10-11-27(2,3)4/h6-9,12,18,24H,5,10-11,13H2,1-4H3. The Labute approximate surface area is 159 Å². The third kappa shape index (κ3) is 4.31. The summed E-state index contributed by atoms with van der Waals surface area (Å²) in [4.78, 5) is 4.31. The fraction of sp³-hybridized carbons (Fsp3) is 0.450. The molecule has 0 fully saturated rings. The molecule has 0 aliphatic carbocycles. The molecule has 7 heteroatoms. The van der Waals surface area contributed by atoms with Crippen molar-refractivity contribution in [2.24, 2.45) is 0 Å². The number of rotatable bonds is 8. The molecule has 27 heavy (non-hydrogen) atoms. The van der Waals surface area contributed by atoms with Gasteiger partial charge in [0.1, 0.15) is 18.7 Å². The van der Waals surface area contributed by atoms with Gasteiger partial charge in [0, 0.05) is 32.5 Å². The first kappa shape index (κ1) is 19.8. The highest BCUT2D eigenvalue weighted by Crippen LogP contribution is 2.33. The van der Waals surface area contributed by atoms with Gasteiger partial charge in [-0.3, -0.25) is 0 Å². The van der Waals surface area contributed by atoms with Crippen LogP contribution < -0.4 is 0 Å². The first-order valence-corrected chi connectivity index (χ1v) is 13.0. The lowest BCUT2D eigenvalue weighted by Gasteiger charge is -2.17. The molecule has 1 aromatic carbocycles. The number of hydrogen-bond acceptors (Lipinski definition) is 4. The monoisotopic (exact) mass is 390 g/mol. The molecule has 0 radical (unpaired) electrons. The van der Waals surface area contributed by atoms with Gasteiger partial charge in [-0.05, 0) is 29.7 Å². The van der Waals surface area contributed by atoms with Crippen LogP contribution in [0.1, 0.15) is 30.0 Å². The van der Waals surface area contributed by atoms with Crippen molar-refractivity contribution in [3.8, 4) is 0 Å². The predicted octanol–water partition coefficient (Wildman–Crippen LogP) is 4.72. The molecule has 0 aliphatic heterocycles. The minimum absolute atomic E-state index is 0.174. The highest BCUT2D eigenvalue weighted by Gasteiger charge is 2.23. The lowest BCUT2D eigenvalue weighted by Crippen LogP contribution is -2.22. The van der Waals surface area contributed by atoms with E-state index >= 15 is 0 Å². The molecule has 2 heterocycles. The van der Waals surface area contributed by atoms with Gasteiger partial charge in [-0.1, -0.05) is 32.6 Å². The smallest absolute Gasteiger partial charge is 0.170 e. The van der Waals surface area contributed by atoms with Crippen molar-refractivity contribution in [1.29, 1.82) is 0 Å². The second-order valence-electron chi connectivity index (χ2n) is 7.96. The van der Waals surface area contributed by atoms with Crippen molar-refractivity contribution in [2.45, 2.75) is 51.9 Å². The molecule has 3 rings (SSSR count). The Kier molecular flexibility index (Phi) is 5.83. The van der Waals surface area contributed by atoms with E-state index in [-0.39, 0.29) is 5.58 Å². The number of benzene rings is 1. The van der Waals surface area contributed by atoms with Gasteiger partial charge in [0.25, 0.3) is 0 Å². The minimum Gasteiger partial charge on any atom is -0.461 e. The van der Waals surface area contributed by atoms with Crippen LogP contribution in [0.3, 0.4) is 0 Å². The van der Waals surface area contributed by atoms with E-state index in [1.807, 2.05) is 6.92 Å². The molecule has 0 bridgehead atoms. The van der Waals surface area contributed by atoms with Crippen molar-refractivity contribution >= 4 is 19.0 Å². The summed E-state index contributed by atoms with van der Waals surface area (Å²) in [6.07, 6.45) is 4.66. The maximum Gasteiger partial charge on any atom is 0.170 e. The van der Waals surface area contributed by atoms with Crippen LogP contribution in [0.2, 0.25) is 25.7 Å². The number of ether oxygens (including phenoxy) is 1. The Bertz CT molecular complexity index is 914. The number of nitrogens with zero attached hydrogens (tertiary/aromatic N) is 2. The fourth-order valence-electron chi connectivity index (χ4n) is 3.05. The van der Waals surface area contributed by atoms with Crippen molar-refractivity contribution in [1.82, 2.24) is 9.55 Å². The number of aryl methyl sites for hydroxylation is 1. The molecule has 146 valence electrons. The molecular formula is C20H27FN2O3Si. The van der Waals surface area contributed by atoms with E-state index in [0.717, 1.165) is 11.6 Å². The molecule has 0 amide bonds. The van der Waals surface area contributed by atoms with Gasteiger partial charge < -0.3 is 18.8 Å². The Morgan fingerprint density at radius 2 is 2.11 bits per heavy atom. The Hall–Kier alpha value is -1.96. The van der Waals surface area contributed by atoms with Gasteiger partial charge in [0.15, 0.2) is 11.4 Å². The normalized spacial score (nSPS) is 13.4. The van der Waals surface area contributed by atoms with Crippen molar-refractivity contribution in [3.63, 3.8) is 0 Å². The molecule has 0 aliphatic rings. The molecule has 0 saturated heterocycles. The van der Waals surface area contributed by atoms with Crippen LogP contribution in [-0.4, -0.2) is 29.3 Å². The van der Waals surface area contributed by atoms with Crippen LogP contribution in [0.25, 0.3) is 11.0 Å². The lowest BCUT2D eigenvalue weighted by molar-refractivity contribution is 0.0787. The van der Waals surface area contributed by atoms with Gasteiger partial charge in [-0.15, -0.1) is 0 Å². The van der Waals surface area contributed by atoms with E-state index in [9.17, 15) is 9.50 Å². The number of fused-ring (bicyclic) bond motifs is 1. The van der Waals surface area contributed by atoms with Crippen LogP contribution in [0.15, 0.2) is 35.2 Å². The lowest BCUT2D eigenvalue weighted by atomic mass is 10.00. The molecule has 0 saturated carbocycles. The summed E-state index contributed by atoms with van der Waals surface area (Å²) in [5, 5.41) is 11.6. The maximum atomic E-state index is 14.1. The summed E-state index contributed by atoms with van der Waals surface area (Å²) < 4.78 is 27.0. The number of imidazole rings is 1. The van der Waals surface area contributed by atoms with E-state index in [2.05, 4.69) is 24.6 Å². The average molecular weight is 391 g/mol. The van der Waals surface area contributed by atoms with Crippen LogP contribution in [0.5, 0.6) is 0 Å². The molecule has 3 aromatic rings. The molecule has 1 N–H and O–H groups in total. The number of aliphatic hydroxyl groups is 1. The zero-order valence-electron chi connectivity index (χ0n) is 16.3. The maximum absolute atomic E-state index is 14.1. The number of halogens is 1. The van der Waals surface area contributed by atoms with Gasteiger partial charge >= 0.3 is 0 Å². The molecule has 1 atom stereocenters. The number of aliphatic hydroxyl groups excluding tert-OH is 1. The summed E-state index contributed by atoms with van der Waals surface area (Å²) in [6.45, 7) is 9.90. The predicted molar refractivity (Wildman–Crippen MR) is 106 cm³/mol. The molecule has 1 unspecified atom stereocenters. The van der Waals surface area contributed by atoms with E-state index in [1.165, 1.54) is 6.07 Å². The largest absolute Gasteiger partial charge is 0.461 e. The average Bonchev–Trinajstić information content (AvgIpc) is 3.25. The van der Waals surface area contributed by atoms with Crippen molar-refractivity contribution in [2.75, 3.05) is 6.61 Å². The second kappa shape index (κ2) is 7.96. The van der Waals surface area contributed by atoms with Crippen LogP contribution in [0.4, 0.5) is 4.39 Å². The topological polar surface area (TPSA) is 60.4 Å². The van der Waals surface area contributed by atoms with E-state index in [0.29, 0.717) is 36.5 Å². The summed E-state index contributed by atoms with van der Waals surface area (Å²) >= 11 is 0. The zero-order chi connectivity index (χ0) is 19.6. The van der Waals surface area contributed by atoms with Gasteiger partial charge in [0.05, 0.1) is 6.26 Å². The molecule has 0 spiro atoms. The van der Waals surface area contributed by atoms with E-state index < -0.39 is 20.0 Å². The number of hydrogen-bond donors (Lipinski definition) is 1. The number of furan rings is 1. The van der Waals surface area contributed by atoms with Gasteiger partial charge in [0.2, 0.25) is 0 Å². The highest BCUT2D eigenvalue weighted by molar-refractivity contribution is 6.76. The highest BCUT2D eigenvalue weighted by atomic mass is 28.3. The zero-order valence-corrected chi connectivity index (χ0v) is 17.3. The van der Waals surface area contributed by atoms with Crippen LogP contribution in [-0.2, 0) is 17.9 Å². The summed E-state index contributed by atoms with van der Waals surface area (Å²) in [6, 6.07) is 4.00. The summed E-state index contributed by atoms with van der Waals surface area (Å²) in [5.74, 6) is 0.0397. The third-order valence-corrected chi connectivity index (χ3v) is 6.38. The van der Waals surface area contributed by atoms with Crippen molar-refractivity contribution < 1.29 is 18.7 Å². The Morgan fingerprint density at radius 1 is 1.33 bits per heavy atom. The minimum atomic E-state index is -1.15. The second-order valence-corrected chi connectivity index (χ2v) is 13.6. The first-order valence-electron chi connectivity index (χ1n) is 9.27. The first-order chi connectivity index (χ1) is 12.8. The van der Waals surface area contributed by atoms with Crippen LogP contribution >= 0.6 is 0 Å². The van der Waals surface area contributed by atoms with E-state index in [4.69, 9.17) is 9.15 Å². The van der Waals surface area contributed by atoms with Gasteiger partial charge in [-0.25, -0.2) is 9.37 Å². The van der Waals surface area contributed by atoms with Gasteiger partial charge in [-0.2, -0.15) is 0 Å².